The number of allylic oxidation sites excluding steroid dienone is 1. The number of carbonyl (C=O) groups excluding carboxylic acids is 1. The van der Waals surface area contributed by atoms with E-state index in [0.717, 1.165) is 10.0 Å². The second-order valence-electron chi connectivity index (χ2n) is 4.29. The summed E-state index contributed by atoms with van der Waals surface area (Å²) in [4.78, 5) is 12.2. The molecule has 0 saturated heterocycles. The van der Waals surface area contributed by atoms with Crippen LogP contribution in [0.3, 0.4) is 0 Å². The molecule has 0 spiro atoms. The fourth-order valence-electron chi connectivity index (χ4n) is 1.89. The van der Waals surface area contributed by atoms with Crippen molar-refractivity contribution in [2.45, 2.75) is 0 Å². The van der Waals surface area contributed by atoms with E-state index in [1.165, 1.54) is 6.08 Å². The molecule has 0 unspecified atom stereocenters. The highest BCUT2D eigenvalue weighted by Crippen LogP contribution is 2.25. The largest absolute Gasteiger partial charge is 0.497 e. The molecule has 2 aromatic carbocycles. The van der Waals surface area contributed by atoms with Gasteiger partial charge in [-0.2, -0.15) is 0 Å². The zero-order valence-corrected chi connectivity index (χ0v) is 13.4. The lowest BCUT2D eigenvalue weighted by molar-refractivity contribution is 0.104. The standard InChI is InChI=1S/C17H15BrO3/c1-20-13-8-10-17(21-2)12(11-13)7-9-16(19)14-5-3-4-6-15(14)18/h3-11H,1-2H3/b9-7+. The molecule has 0 fully saturated rings. The van der Waals surface area contributed by atoms with Crippen molar-refractivity contribution in [1.82, 2.24) is 0 Å². The molecule has 0 saturated carbocycles. The number of benzene rings is 2. The van der Waals surface area contributed by atoms with Crippen LogP contribution in [0, 0.1) is 0 Å². The van der Waals surface area contributed by atoms with Gasteiger partial charge in [0.25, 0.3) is 0 Å². The van der Waals surface area contributed by atoms with E-state index in [-0.39, 0.29) is 5.78 Å². The Bertz CT molecular complexity index is 677. The molecule has 0 aliphatic rings. The van der Waals surface area contributed by atoms with Gasteiger partial charge in [0, 0.05) is 15.6 Å². The molecule has 2 rings (SSSR count). The highest BCUT2D eigenvalue weighted by molar-refractivity contribution is 9.10. The SMILES string of the molecule is COc1ccc(OC)c(/C=C/C(=O)c2ccccc2Br)c1. The fraction of sp³-hybridized carbons (Fsp3) is 0.118. The van der Waals surface area contributed by atoms with Gasteiger partial charge in [0.1, 0.15) is 11.5 Å². The lowest BCUT2D eigenvalue weighted by Crippen LogP contribution is -1.95. The zero-order valence-electron chi connectivity index (χ0n) is 11.8. The van der Waals surface area contributed by atoms with Crippen LogP contribution in [0.4, 0.5) is 0 Å². The number of halogens is 1. The average Bonchev–Trinajstić information content (AvgIpc) is 2.52. The molecule has 0 heterocycles. The summed E-state index contributed by atoms with van der Waals surface area (Å²) in [5.41, 5.74) is 1.41. The predicted octanol–water partition coefficient (Wildman–Crippen LogP) is 4.36. The first-order valence-electron chi connectivity index (χ1n) is 6.34. The van der Waals surface area contributed by atoms with Crippen molar-refractivity contribution in [3.63, 3.8) is 0 Å². The number of ketones is 1. The van der Waals surface area contributed by atoms with E-state index < -0.39 is 0 Å². The van der Waals surface area contributed by atoms with Crippen molar-refractivity contribution < 1.29 is 14.3 Å². The van der Waals surface area contributed by atoms with Crippen molar-refractivity contribution in [2.24, 2.45) is 0 Å². The Hall–Kier alpha value is -2.07. The molecule has 2 aromatic rings. The molecule has 0 aromatic heterocycles. The van der Waals surface area contributed by atoms with Crippen LogP contribution in [0.2, 0.25) is 0 Å². The van der Waals surface area contributed by atoms with Gasteiger partial charge in [-0.05, 0) is 42.5 Å². The Labute approximate surface area is 132 Å². The third-order valence-corrected chi connectivity index (χ3v) is 3.68. The van der Waals surface area contributed by atoms with Crippen molar-refractivity contribution >= 4 is 27.8 Å². The van der Waals surface area contributed by atoms with Gasteiger partial charge in [-0.1, -0.05) is 28.1 Å². The predicted molar refractivity (Wildman–Crippen MR) is 87.1 cm³/mol. The number of hydrogen-bond donors (Lipinski definition) is 0. The first kappa shape index (κ1) is 15.3. The summed E-state index contributed by atoms with van der Waals surface area (Å²) >= 11 is 3.37. The van der Waals surface area contributed by atoms with Gasteiger partial charge in [0.05, 0.1) is 14.2 Å². The average molecular weight is 347 g/mol. The van der Waals surface area contributed by atoms with Crippen LogP contribution >= 0.6 is 15.9 Å². The number of methoxy groups -OCH3 is 2. The topological polar surface area (TPSA) is 35.5 Å². The van der Waals surface area contributed by atoms with Gasteiger partial charge in [0.15, 0.2) is 5.78 Å². The Morgan fingerprint density at radius 3 is 2.52 bits per heavy atom. The first-order valence-corrected chi connectivity index (χ1v) is 7.14. The molecule has 0 N–H and O–H groups in total. The van der Waals surface area contributed by atoms with Crippen LogP contribution in [0.5, 0.6) is 11.5 Å². The van der Waals surface area contributed by atoms with E-state index in [0.29, 0.717) is 17.1 Å². The van der Waals surface area contributed by atoms with Crippen molar-refractivity contribution in [2.75, 3.05) is 14.2 Å². The fourth-order valence-corrected chi connectivity index (χ4v) is 2.37. The van der Waals surface area contributed by atoms with Crippen LogP contribution < -0.4 is 9.47 Å². The highest BCUT2D eigenvalue weighted by Gasteiger charge is 2.07. The van der Waals surface area contributed by atoms with E-state index in [9.17, 15) is 4.79 Å². The van der Waals surface area contributed by atoms with E-state index in [2.05, 4.69) is 15.9 Å². The molecule has 0 radical (unpaired) electrons. The smallest absolute Gasteiger partial charge is 0.186 e. The van der Waals surface area contributed by atoms with Gasteiger partial charge in [0.2, 0.25) is 0 Å². The summed E-state index contributed by atoms with van der Waals surface area (Å²) in [6.45, 7) is 0. The van der Waals surface area contributed by atoms with E-state index >= 15 is 0 Å². The maximum Gasteiger partial charge on any atom is 0.186 e. The number of ether oxygens (including phenoxy) is 2. The Morgan fingerprint density at radius 1 is 1.10 bits per heavy atom. The highest BCUT2D eigenvalue weighted by atomic mass is 79.9. The minimum absolute atomic E-state index is 0.0765. The van der Waals surface area contributed by atoms with Gasteiger partial charge in [-0.15, -0.1) is 0 Å². The van der Waals surface area contributed by atoms with Gasteiger partial charge in [-0.3, -0.25) is 4.79 Å². The van der Waals surface area contributed by atoms with Crippen molar-refractivity contribution in [3.8, 4) is 11.5 Å². The first-order chi connectivity index (χ1) is 10.2. The van der Waals surface area contributed by atoms with Gasteiger partial charge in [-0.25, -0.2) is 0 Å². The summed E-state index contributed by atoms with van der Waals surface area (Å²) in [6, 6.07) is 12.8. The van der Waals surface area contributed by atoms with Crippen molar-refractivity contribution in [3.05, 3.63) is 64.1 Å². The summed E-state index contributed by atoms with van der Waals surface area (Å²) in [5.74, 6) is 1.32. The van der Waals surface area contributed by atoms with Gasteiger partial charge >= 0.3 is 0 Å². The Morgan fingerprint density at radius 2 is 1.86 bits per heavy atom. The molecule has 0 amide bonds. The van der Waals surface area contributed by atoms with Crippen LogP contribution in [0.15, 0.2) is 53.0 Å². The van der Waals surface area contributed by atoms with Crippen LogP contribution in [0.25, 0.3) is 6.08 Å². The minimum atomic E-state index is -0.0765. The Kier molecular flexibility index (Phi) is 5.17. The lowest BCUT2D eigenvalue weighted by atomic mass is 10.1. The van der Waals surface area contributed by atoms with E-state index in [4.69, 9.17) is 9.47 Å². The molecule has 3 nitrogen and oxygen atoms in total. The summed E-state index contributed by atoms with van der Waals surface area (Å²) < 4.78 is 11.2. The minimum Gasteiger partial charge on any atom is -0.497 e. The Balaban J connectivity index is 2.29. The van der Waals surface area contributed by atoms with E-state index in [1.807, 2.05) is 30.3 Å². The number of carbonyl (C=O) groups is 1. The third-order valence-electron chi connectivity index (χ3n) is 2.99. The monoisotopic (exact) mass is 346 g/mol. The summed E-state index contributed by atoms with van der Waals surface area (Å²) in [6.07, 6.45) is 3.25. The molecule has 4 heteroatoms. The zero-order chi connectivity index (χ0) is 15.2. The lowest BCUT2D eigenvalue weighted by Gasteiger charge is -2.07. The molecule has 108 valence electrons. The third kappa shape index (κ3) is 3.73. The quantitative estimate of drug-likeness (QED) is 0.595. The maximum absolute atomic E-state index is 12.2. The summed E-state index contributed by atoms with van der Waals surface area (Å²) in [7, 11) is 3.19. The molecular weight excluding hydrogens is 332 g/mol. The molecule has 0 bridgehead atoms. The molecule has 0 atom stereocenters. The number of hydrogen-bond acceptors (Lipinski definition) is 3. The second kappa shape index (κ2) is 7.09. The maximum atomic E-state index is 12.2. The second-order valence-corrected chi connectivity index (χ2v) is 5.14. The van der Waals surface area contributed by atoms with Gasteiger partial charge < -0.3 is 9.47 Å². The normalized spacial score (nSPS) is 10.6. The molecular formula is C17H15BrO3. The molecule has 21 heavy (non-hydrogen) atoms. The molecule has 0 aliphatic heterocycles. The van der Waals surface area contributed by atoms with E-state index in [1.54, 1.807) is 32.4 Å². The van der Waals surface area contributed by atoms with Crippen LogP contribution in [-0.2, 0) is 0 Å². The summed E-state index contributed by atoms with van der Waals surface area (Å²) in [5, 5.41) is 0. The van der Waals surface area contributed by atoms with Crippen molar-refractivity contribution in [1.29, 1.82) is 0 Å². The molecule has 0 aliphatic carbocycles. The number of rotatable bonds is 5. The van der Waals surface area contributed by atoms with Crippen LogP contribution in [-0.4, -0.2) is 20.0 Å². The van der Waals surface area contributed by atoms with Crippen LogP contribution in [0.1, 0.15) is 15.9 Å².